The Morgan fingerprint density at radius 1 is 1.37 bits per heavy atom. The number of nitrogens with one attached hydrogen (secondary N) is 1. The molecule has 3 N–H and O–H groups in total. The van der Waals surface area contributed by atoms with E-state index in [1.54, 1.807) is 12.1 Å². The molecule has 1 fully saturated rings. The number of rotatable bonds is 3. The van der Waals surface area contributed by atoms with Gasteiger partial charge in [0.1, 0.15) is 0 Å². The van der Waals surface area contributed by atoms with E-state index in [-0.39, 0.29) is 11.9 Å². The topological polar surface area (TPSA) is 55.1 Å². The first-order valence-electron chi connectivity index (χ1n) is 6.94. The van der Waals surface area contributed by atoms with Gasteiger partial charge in [-0.1, -0.05) is 35.2 Å². The second-order valence-corrected chi connectivity index (χ2v) is 6.31. The van der Waals surface area contributed by atoms with Crippen LogP contribution in [0.25, 0.3) is 0 Å². The molecule has 1 aromatic rings. The van der Waals surface area contributed by atoms with E-state index in [1.165, 1.54) is 32.1 Å². The van der Waals surface area contributed by atoms with Gasteiger partial charge >= 0.3 is 0 Å². The zero-order valence-electron chi connectivity index (χ0n) is 11.3. The van der Waals surface area contributed by atoms with Gasteiger partial charge in [0.25, 0.3) is 5.91 Å². The predicted octanol–water partition coefficient (Wildman–Crippen LogP) is 3.73. The summed E-state index contributed by atoms with van der Waals surface area (Å²) in [5, 5.41) is 3.09. The Bertz CT molecular complexity index is 455. The van der Waals surface area contributed by atoms with Crippen LogP contribution in [0.1, 0.15) is 49.4 Å². The summed E-state index contributed by atoms with van der Waals surface area (Å²) >= 11 is 3.35. The number of nitrogens with two attached hydrogens (primary N) is 1. The van der Waals surface area contributed by atoms with Crippen molar-refractivity contribution in [2.24, 2.45) is 5.92 Å². The second-order valence-electron chi connectivity index (χ2n) is 5.39. The minimum absolute atomic E-state index is 0.0666. The van der Waals surface area contributed by atoms with Crippen molar-refractivity contribution in [2.75, 3.05) is 5.73 Å². The van der Waals surface area contributed by atoms with Gasteiger partial charge in [-0.15, -0.1) is 0 Å². The SMILES string of the molecule is C[C@@H](NC(=O)c1ccc(Br)cc1N)C1CCCCC1. The van der Waals surface area contributed by atoms with E-state index in [9.17, 15) is 4.79 Å². The van der Waals surface area contributed by atoms with Crippen LogP contribution in [0, 0.1) is 5.92 Å². The number of hydrogen-bond acceptors (Lipinski definition) is 2. The van der Waals surface area contributed by atoms with E-state index >= 15 is 0 Å². The van der Waals surface area contributed by atoms with E-state index < -0.39 is 0 Å². The molecule has 0 aromatic heterocycles. The first kappa shape index (κ1) is 14.4. The molecule has 0 radical (unpaired) electrons. The summed E-state index contributed by atoms with van der Waals surface area (Å²) in [5.74, 6) is 0.539. The average molecular weight is 325 g/mol. The van der Waals surface area contributed by atoms with Gasteiger partial charge in [0.05, 0.1) is 5.56 Å². The highest BCUT2D eigenvalue weighted by molar-refractivity contribution is 9.10. The van der Waals surface area contributed by atoms with Crippen LogP contribution in [0.3, 0.4) is 0 Å². The van der Waals surface area contributed by atoms with Gasteiger partial charge in [-0.3, -0.25) is 4.79 Å². The van der Waals surface area contributed by atoms with Crippen LogP contribution in [0.15, 0.2) is 22.7 Å². The van der Waals surface area contributed by atoms with Gasteiger partial charge in [0.2, 0.25) is 0 Å². The summed E-state index contributed by atoms with van der Waals surface area (Å²) in [4.78, 5) is 12.2. The normalized spacial score (nSPS) is 18.0. The Balaban J connectivity index is 1.99. The Morgan fingerprint density at radius 2 is 2.05 bits per heavy atom. The third-order valence-electron chi connectivity index (χ3n) is 3.97. The number of benzene rings is 1. The number of halogens is 1. The first-order chi connectivity index (χ1) is 9.08. The molecule has 1 aliphatic carbocycles. The first-order valence-corrected chi connectivity index (χ1v) is 7.73. The lowest BCUT2D eigenvalue weighted by atomic mass is 9.84. The average Bonchev–Trinajstić information content (AvgIpc) is 2.39. The molecule has 1 amide bonds. The number of carbonyl (C=O) groups is 1. The largest absolute Gasteiger partial charge is 0.398 e. The van der Waals surface area contributed by atoms with E-state index in [1.807, 2.05) is 6.07 Å². The van der Waals surface area contributed by atoms with Crippen molar-refractivity contribution in [3.63, 3.8) is 0 Å². The van der Waals surface area contributed by atoms with Crippen molar-refractivity contribution in [1.82, 2.24) is 5.32 Å². The molecular weight excluding hydrogens is 304 g/mol. The molecule has 19 heavy (non-hydrogen) atoms. The quantitative estimate of drug-likeness (QED) is 0.832. The summed E-state index contributed by atoms with van der Waals surface area (Å²) in [6.07, 6.45) is 6.34. The van der Waals surface area contributed by atoms with E-state index in [2.05, 4.69) is 28.2 Å². The van der Waals surface area contributed by atoms with Crippen LogP contribution in [0.5, 0.6) is 0 Å². The molecule has 0 saturated heterocycles. The molecule has 2 rings (SSSR count). The lowest BCUT2D eigenvalue weighted by molar-refractivity contribution is 0.0920. The van der Waals surface area contributed by atoms with Crippen LogP contribution in [-0.2, 0) is 0 Å². The van der Waals surface area contributed by atoms with Crippen LogP contribution in [0.2, 0.25) is 0 Å². The highest BCUT2D eigenvalue weighted by atomic mass is 79.9. The summed E-state index contributed by atoms with van der Waals surface area (Å²) in [7, 11) is 0. The second kappa shape index (κ2) is 6.42. The molecule has 1 aliphatic rings. The number of anilines is 1. The maximum atomic E-state index is 12.2. The third kappa shape index (κ3) is 3.72. The highest BCUT2D eigenvalue weighted by Crippen LogP contribution is 2.26. The van der Waals surface area contributed by atoms with Gasteiger partial charge in [-0.05, 0) is 43.9 Å². The van der Waals surface area contributed by atoms with Gasteiger partial charge in [-0.2, -0.15) is 0 Å². The Labute approximate surface area is 123 Å². The highest BCUT2D eigenvalue weighted by Gasteiger charge is 2.22. The number of nitrogen functional groups attached to an aromatic ring is 1. The van der Waals surface area contributed by atoms with Crippen LogP contribution in [0.4, 0.5) is 5.69 Å². The molecule has 0 bridgehead atoms. The molecule has 0 heterocycles. The predicted molar refractivity (Wildman–Crippen MR) is 82.1 cm³/mol. The molecule has 104 valence electrons. The zero-order valence-corrected chi connectivity index (χ0v) is 12.9. The summed E-state index contributed by atoms with van der Waals surface area (Å²) < 4.78 is 0.891. The summed E-state index contributed by atoms with van der Waals surface area (Å²) in [5.41, 5.74) is 6.96. The van der Waals surface area contributed by atoms with Crippen LogP contribution < -0.4 is 11.1 Å². The maximum Gasteiger partial charge on any atom is 0.253 e. The van der Waals surface area contributed by atoms with Gasteiger partial charge in [-0.25, -0.2) is 0 Å². The Kier molecular flexibility index (Phi) is 4.86. The number of amides is 1. The molecular formula is C15H21BrN2O. The Morgan fingerprint density at radius 3 is 2.68 bits per heavy atom. The van der Waals surface area contributed by atoms with E-state index in [0.29, 0.717) is 17.2 Å². The van der Waals surface area contributed by atoms with Gasteiger partial charge < -0.3 is 11.1 Å². The fourth-order valence-electron chi connectivity index (χ4n) is 2.78. The molecule has 0 unspecified atom stereocenters. The standard InChI is InChI=1S/C15H21BrN2O/c1-10(11-5-3-2-4-6-11)18-15(19)13-8-7-12(16)9-14(13)17/h7-11H,2-6,17H2,1H3,(H,18,19)/t10-/m1/s1. The van der Waals surface area contributed by atoms with Crippen molar-refractivity contribution < 1.29 is 4.79 Å². The number of carbonyl (C=O) groups excluding carboxylic acids is 1. The van der Waals surface area contributed by atoms with Crippen molar-refractivity contribution in [2.45, 2.75) is 45.1 Å². The molecule has 4 heteroatoms. The van der Waals surface area contributed by atoms with Crippen molar-refractivity contribution in [3.8, 4) is 0 Å². The lowest BCUT2D eigenvalue weighted by Crippen LogP contribution is -2.39. The van der Waals surface area contributed by atoms with Crippen molar-refractivity contribution in [3.05, 3.63) is 28.2 Å². The molecule has 1 aromatic carbocycles. The van der Waals surface area contributed by atoms with Gasteiger partial charge in [0, 0.05) is 16.2 Å². The molecule has 1 saturated carbocycles. The summed E-state index contributed by atoms with van der Waals surface area (Å²) in [6, 6.07) is 5.59. The minimum atomic E-state index is -0.0666. The van der Waals surface area contributed by atoms with E-state index in [4.69, 9.17) is 5.73 Å². The van der Waals surface area contributed by atoms with Crippen LogP contribution >= 0.6 is 15.9 Å². The monoisotopic (exact) mass is 324 g/mol. The Hall–Kier alpha value is -1.03. The van der Waals surface area contributed by atoms with Crippen molar-refractivity contribution in [1.29, 1.82) is 0 Å². The molecule has 0 spiro atoms. The third-order valence-corrected chi connectivity index (χ3v) is 4.47. The molecule has 1 atom stereocenters. The minimum Gasteiger partial charge on any atom is -0.398 e. The molecule has 3 nitrogen and oxygen atoms in total. The van der Waals surface area contributed by atoms with Crippen molar-refractivity contribution >= 4 is 27.5 Å². The number of hydrogen-bond donors (Lipinski definition) is 2. The zero-order chi connectivity index (χ0) is 13.8. The van der Waals surface area contributed by atoms with Crippen LogP contribution in [-0.4, -0.2) is 11.9 Å². The lowest BCUT2D eigenvalue weighted by Gasteiger charge is -2.28. The summed E-state index contributed by atoms with van der Waals surface area (Å²) in [6.45, 7) is 2.10. The van der Waals surface area contributed by atoms with E-state index in [0.717, 1.165) is 4.47 Å². The maximum absolute atomic E-state index is 12.2. The smallest absolute Gasteiger partial charge is 0.253 e. The fraction of sp³-hybridized carbons (Fsp3) is 0.533. The fourth-order valence-corrected chi connectivity index (χ4v) is 3.16. The van der Waals surface area contributed by atoms with Gasteiger partial charge in [0.15, 0.2) is 0 Å². The molecule has 0 aliphatic heterocycles.